The van der Waals surface area contributed by atoms with Crippen molar-refractivity contribution < 1.29 is 22.7 Å². The number of carbonyl (C=O) groups excluding carboxylic acids is 1. The molecule has 6 heteroatoms. The fourth-order valence-corrected chi connectivity index (χ4v) is 2.60. The number of ether oxygens (including phenoxy) is 1. The zero-order valence-corrected chi connectivity index (χ0v) is 13.3. The summed E-state index contributed by atoms with van der Waals surface area (Å²) in [6.45, 7) is 5.21. The van der Waals surface area contributed by atoms with Gasteiger partial charge in [-0.3, -0.25) is 0 Å². The molecule has 3 nitrogen and oxygen atoms in total. The number of nitrogens with one attached hydrogen (secondary N) is 1. The fraction of sp³-hybridized carbons (Fsp3) is 0.471. The third-order valence-corrected chi connectivity index (χ3v) is 3.57. The third kappa shape index (κ3) is 4.50. The Kier molecular flexibility index (Phi) is 5.02. The number of hydrogen-bond acceptors (Lipinski definition) is 2. The Morgan fingerprint density at radius 2 is 1.70 bits per heavy atom. The average molecular weight is 327 g/mol. The van der Waals surface area contributed by atoms with Crippen LogP contribution in [0.1, 0.15) is 45.1 Å². The van der Waals surface area contributed by atoms with Gasteiger partial charge in [-0.05, 0) is 45.2 Å². The molecule has 2 rings (SSSR count). The minimum absolute atomic E-state index is 0.0503. The van der Waals surface area contributed by atoms with Crippen LogP contribution in [0.3, 0.4) is 0 Å². The molecule has 126 valence electrons. The molecule has 1 aliphatic rings. The molecule has 1 N–H and O–H groups in total. The Morgan fingerprint density at radius 3 is 2.35 bits per heavy atom. The van der Waals surface area contributed by atoms with E-state index in [1.54, 1.807) is 20.8 Å². The van der Waals surface area contributed by atoms with Crippen LogP contribution >= 0.6 is 0 Å². The van der Waals surface area contributed by atoms with Gasteiger partial charge in [-0.15, -0.1) is 0 Å². The minimum atomic E-state index is -1.23. The van der Waals surface area contributed by atoms with Crippen molar-refractivity contribution in [2.75, 3.05) is 0 Å². The van der Waals surface area contributed by atoms with Gasteiger partial charge >= 0.3 is 6.09 Å². The van der Waals surface area contributed by atoms with Gasteiger partial charge in [0.05, 0.1) is 0 Å². The molecule has 0 saturated heterocycles. The number of hydrogen-bond donors (Lipinski definition) is 1. The molecule has 0 unspecified atom stereocenters. The molecular formula is C17H20F3NO2. The molecule has 1 amide bonds. The van der Waals surface area contributed by atoms with Gasteiger partial charge < -0.3 is 10.1 Å². The van der Waals surface area contributed by atoms with Gasteiger partial charge in [0.2, 0.25) is 0 Å². The monoisotopic (exact) mass is 327 g/mol. The molecule has 0 saturated carbocycles. The maximum atomic E-state index is 14.0. The number of halogens is 3. The summed E-state index contributed by atoms with van der Waals surface area (Å²) in [5.41, 5.74) is -0.605. The van der Waals surface area contributed by atoms with E-state index >= 15 is 0 Å². The van der Waals surface area contributed by atoms with Gasteiger partial charge in [0.15, 0.2) is 11.6 Å². The second kappa shape index (κ2) is 6.64. The number of rotatable bonds is 2. The summed E-state index contributed by atoms with van der Waals surface area (Å²) in [7, 11) is 0. The van der Waals surface area contributed by atoms with Crippen LogP contribution in [0.15, 0.2) is 24.3 Å². The van der Waals surface area contributed by atoms with Crippen molar-refractivity contribution in [3.63, 3.8) is 0 Å². The highest BCUT2D eigenvalue weighted by molar-refractivity contribution is 5.68. The van der Waals surface area contributed by atoms with E-state index in [0.717, 1.165) is 6.07 Å². The molecule has 1 aromatic carbocycles. The zero-order chi connectivity index (χ0) is 17.2. The Hall–Kier alpha value is -1.98. The van der Waals surface area contributed by atoms with Crippen molar-refractivity contribution in [3.8, 4) is 0 Å². The lowest BCUT2D eigenvalue weighted by atomic mass is 9.83. The maximum absolute atomic E-state index is 14.0. The summed E-state index contributed by atoms with van der Waals surface area (Å²) in [6, 6.07) is 0.945. The van der Waals surface area contributed by atoms with Crippen LogP contribution in [0.2, 0.25) is 0 Å². The molecule has 0 bridgehead atoms. The predicted octanol–water partition coefficient (Wildman–Crippen LogP) is 4.43. The molecule has 0 radical (unpaired) electrons. The SMILES string of the molecule is CC(C)(C)OC(=O)N[C@H]1CC=CC[C@@H]1c1cc(F)c(F)cc1F. The number of carbonyl (C=O) groups is 1. The second-order valence-corrected chi connectivity index (χ2v) is 6.59. The maximum Gasteiger partial charge on any atom is 0.407 e. The van der Waals surface area contributed by atoms with E-state index in [1.165, 1.54) is 0 Å². The van der Waals surface area contributed by atoms with E-state index in [4.69, 9.17) is 4.74 Å². The van der Waals surface area contributed by atoms with Crippen LogP contribution in [0.5, 0.6) is 0 Å². The minimum Gasteiger partial charge on any atom is -0.444 e. The average Bonchev–Trinajstić information content (AvgIpc) is 2.41. The summed E-state index contributed by atoms with van der Waals surface area (Å²) in [4.78, 5) is 11.9. The van der Waals surface area contributed by atoms with Gasteiger partial charge in [-0.25, -0.2) is 18.0 Å². The van der Waals surface area contributed by atoms with Crippen molar-refractivity contribution in [2.45, 2.75) is 51.2 Å². The summed E-state index contributed by atoms with van der Waals surface area (Å²) >= 11 is 0. The molecular weight excluding hydrogens is 307 g/mol. The lowest BCUT2D eigenvalue weighted by Crippen LogP contribution is -2.43. The van der Waals surface area contributed by atoms with Crippen LogP contribution in [0.4, 0.5) is 18.0 Å². The summed E-state index contributed by atoms with van der Waals surface area (Å²) in [6.07, 6.45) is 3.95. The molecule has 1 aliphatic carbocycles. The van der Waals surface area contributed by atoms with E-state index in [0.29, 0.717) is 18.9 Å². The van der Waals surface area contributed by atoms with Crippen molar-refractivity contribution >= 4 is 6.09 Å². The first-order chi connectivity index (χ1) is 10.7. The first-order valence-electron chi connectivity index (χ1n) is 7.46. The van der Waals surface area contributed by atoms with Gasteiger partial charge in [0.1, 0.15) is 11.4 Å². The van der Waals surface area contributed by atoms with E-state index < -0.39 is 41.1 Å². The van der Waals surface area contributed by atoms with Gasteiger partial charge in [-0.2, -0.15) is 0 Å². The zero-order valence-electron chi connectivity index (χ0n) is 13.3. The number of benzene rings is 1. The molecule has 0 aliphatic heterocycles. The molecule has 23 heavy (non-hydrogen) atoms. The standard InChI is InChI=1S/C17H20F3NO2/c1-17(2,3)23-16(22)21-15-7-5-4-6-10(15)11-8-13(19)14(20)9-12(11)18/h4-5,8-10,15H,6-7H2,1-3H3,(H,21,22)/t10-,15+/m1/s1. The predicted molar refractivity (Wildman–Crippen MR) is 80.6 cm³/mol. The topological polar surface area (TPSA) is 38.3 Å². The van der Waals surface area contributed by atoms with Crippen LogP contribution in [0.25, 0.3) is 0 Å². The Labute approximate surface area is 133 Å². The molecule has 1 aromatic rings. The highest BCUT2D eigenvalue weighted by Crippen LogP contribution is 2.32. The normalized spacial score (nSPS) is 21.1. The van der Waals surface area contributed by atoms with Gasteiger partial charge in [0, 0.05) is 18.0 Å². The van der Waals surface area contributed by atoms with Crippen molar-refractivity contribution in [3.05, 3.63) is 47.3 Å². The summed E-state index contributed by atoms with van der Waals surface area (Å²) in [5, 5.41) is 2.69. The number of allylic oxidation sites excluding steroid dienone is 1. The van der Waals surface area contributed by atoms with E-state index in [9.17, 15) is 18.0 Å². The Bertz CT molecular complexity index is 623. The van der Waals surface area contributed by atoms with Crippen LogP contribution in [-0.4, -0.2) is 17.7 Å². The second-order valence-electron chi connectivity index (χ2n) is 6.59. The van der Waals surface area contributed by atoms with E-state index in [2.05, 4.69) is 5.32 Å². The molecule has 2 atom stereocenters. The van der Waals surface area contributed by atoms with Crippen molar-refractivity contribution in [1.82, 2.24) is 5.32 Å². The first-order valence-corrected chi connectivity index (χ1v) is 7.46. The highest BCUT2D eigenvalue weighted by atomic mass is 19.2. The smallest absolute Gasteiger partial charge is 0.407 e. The quantitative estimate of drug-likeness (QED) is 0.644. The van der Waals surface area contributed by atoms with Crippen molar-refractivity contribution in [2.24, 2.45) is 0 Å². The summed E-state index contributed by atoms with van der Waals surface area (Å²) < 4.78 is 45.8. The van der Waals surface area contributed by atoms with Crippen LogP contribution in [-0.2, 0) is 4.74 Å². The fourth-order valence-electron chi connectivity index (χ4n) is 2.60. The molecule has 0 fully saturated rings. The summed E-state index contributed by atoms with van der Waals surface area (Å²) in [5.74, 6) is -3.64. The van der Waals surface area contributed by atoms with Crippen molar-refractivity contribution in [1.29, 1.82) is 0 Å². The highest BCUT2D eigenvalue weighted by Gasteiger charge is 2.30. The lowest BCUT2D eigenvalue weighted by Gasteiger charge is -2.31. The van der Waals surface area contributed by atoms with Crippen LogP contribution < -0.4 is 5.32 Å². The van der Waals surface area contributed by atoms with E-state index in [-0.39, 0.29) is 5.56 Å². The molecule has 0 spiro atoms. The third-order valence-electron chi connectivity index (χ3n) is 3.57. The Morgan fingerprint density at radius 1 is 1.09 bits per heavy atom. The lowest BCUT2D eigenvalue weighted by molar-refractivity contribution is 0.0495. The molecule has 0 heterocycles. The first kappa shape index (κ1) is 17.4. The largest absolute Gasteiger partial charge is 0.444 e. The number of amides is 1. The van der Waals surface area contributed by atoms with E-state index in [1.807, 2.05) is 12.2 Å². The Balaban J connectivity index is 2.21. The van der Waals surface area contributed by atoms with Crippen LogP contribution in [0, 0.1) is 17.5 Å². The van der Waals surface area contributed by atoms with Gasteiger partial charge in [-0.1, -0.05) is 12.2 Å². The van der Waals surface area contributed by atoms with Gasteiger partial charge in [0.25, 0.3) is 0 Å². The molecule has 0 aromatic heterocycles. The number of alkyl carbamates (subject to hydrolysis) is 1.